The summed E-state index contributed by atoms with van der Waals surface area (Å²) in [4.78, 5) is 12.7. The van der Waals surface area contributed by atoms with Gasteiger partial charge in [0.2, 0.25) is 0 Å². The Kier molecular flexibility index (Phi) is 7.33. The molecule has 1 amide bonds. The SMILES string of the molecule is COc1ccc(S(=O)(=O)Nc2ccccc2C(=O)NCCc2ccccc2)cc1I. The number of sulfonamides is 1. The Bertz CT molecular complexity index is 1130. The lowest BCUT2D eigenvalue weighted by Crippen LogP contribution is -2.27. The lowest BCUT2D eigenvalue weighted by molar-refractivity contribution is 0.0955. The summed E-state index contributed by atoms with van der Waals surface area (Å²) in [5.74, 6) is 0.251. The van der Waals surface area contributed by atoms with Crippen molar-refractivity contribution in [1.82, 2.24) is 5.32 Å². The third-order valence-corrected chi connectivity index (χ3v) is 6.60. The van der Waals surface area contributed by atoms with Crippen molar-refractivity contribution in [2.45, 2.75) is 11.3 Å². The molecular weight excluding hydrogens is 515 g/mol. The van der Waals surface area contributed by atoms with Crippen molar-refractivity contribution in [3.63, 3.8) is 0 Å². The van der Waals surface area contributed by atoms with E-state index in [1.165, 1.54) is 19.2 Å². The summed E-state index contributed by atoms with van der Waals surface area (Å²) in [7, 11) is -2.35. The molecular formula is C22H21IN2O4S. The predicted octanol–water partition coefficient (Wildman–Crippen LogP) is 4.07. The molecule has 6 nitrogen and oxygen atoms in total. The molecule has 156 valence electrons. The van der Waals surface area contributed by atoms with Gasteiger partial charge in [-0.3, -0.25) is 9.52 Å². The standard InChI is InChI=1S/C22H21IN2O4S/c1-29-21-12-11-17(15-19(21)23)30(27,28)25-20-10-6-5-9-18(20)22(26)24-14-13-16-7-3-2-4-8-16/h2-12,15,25H,13-14H2,1H3,(H,24,26). The summed E-state index contributed by atoms with van der Waals surface area (Å²) in [6, 6.07) is 20.9. The molecule has 0 aliphatic heterocycles. The highest BCUT2D eigenvalue weighted by atomic mass is 127. The Morgan fingerprint density at radius 3 is 2.40 bits per heavy atom. The third-order valence-electron chi connectivity index (χ3n) is 4.39. The van der Waals surface area contributed by atoms with Gasteiger partial charge in [-0.05, 0) is 64.9 Å². The zero-order valence-corrected chi connectivity index (χ0v) is 19.2. The lowest BCUT2D eigenvalue weighted by Gasteiger charge is -2.13. The van der Waals surface area contributed by atoms with E-state index in [4.69, 9.17) is 4.74 Å². The lowest BCUT2D eigenvalue weighted by atomic mass is 10.1. The van der Waals surface area contributed by atoms with E-state index in [2.05, 4.69) is 10.0 Å². The maximum Gasteiger partial charge on any atom is 0.261 e. The Morgan fingerprint density at radius 1 is 1.00 bits per heavy atom. The molecule has 0 atom stereocenters. The molecule has 8 heteroatoms. The molecule has 0 aromatic heterocycles. The Balaban J connectivity index is 1.74. The molecule has 0 heterocycles. The summed E-state index contributed by atoms with van der Waals surface area (Å²) >= 11 is 2.01. The van der Waals surface area contributed by atoms with E-state index in [1.54, 1.807) is 30.3 Å². The van der Waals surface area contributed by atoms with Gasteiger partial charge >= 0.3 is 0 Å². The molecule has 0 saturated heterocycles. The summed E-state index contributed by atoms with van der Waals surface area (Å²) in [6.45, 7) is 0.445. The highest BCUT2D eigenvalue weighted by molar-refractivity contribution is 14.1. The molecule has 0 aliphatic rings. The zero-order valence-electron chi connectivity index (χ0n) is 16.3. The maximum atomic E-state index is 12.8. The van der Waals surface area contributed by atoms with Crippen LogP contribution in [0.1, 0.15) is 15.9 Å². The van der Waals surface area contributed by atoms with Crippen molar-refractivity contribution in [2.24, 2.45) is 0 Å². The van der Waals surface area contributed by atoms with Crippen molar-refractivity contribution in [3.05, 3.63) is 87.5 Å². The normalized spacial score (nSPS) is 11.0. The third kappa shape index (κ3) is 5.51. The van der Waals surface area contributed by atoms with Crippen molar-refractivity contribution in [2.75, 3.05) is 18.4 Å². The van der Waals surface area contributed by atoms with Crippen LogP contribution >= 0.6 is 22.6 Å². The van der Waals surface area contributed by atoms with Gasteiger partial charge in [-0.2, -0.15) is 0 Å². The van der Waals surface area contributed by atoms with Gasteiger partial charge in [0.25, 0.3) is 15.9 Å². The minimum absolute atomic E-state index is 0.0898. The molecule has 30 heavy (non-hydrogen) atoms. The van der Waals surface area contributed by atoms with Crippen molar-refractivity contribution in [1.29, 1.82) is 0 Å². The molecule has 0 bridgehead atoms. The molecule has 0 spiro atoms. The van der Waals surface area contributed by atoms with Gasteiger partial charge in [-0.1, -0.05) is 42.5 Å². The van der Waals surface area contributed by atoms with Crippen LogP contribution in [0.3, 0.4) is 0 Å². The van der Waals surface area contributed by atoms with Gasteiger partial charge in [0.15, 0.2) is 0 Å². The van der Waals surface area contributed by atoms with Crippen LogP contribution in [0, 0.1) is 3.57 Å². The maximum absolute atomic E-state index is 12.8. The van der Waals surface area contributed by atoms with E-state index >= 15 is 0 Å². The number of hydrogen-bond donors (Lipinski definition) is 2. The highest BCUT2D eigenvalue weighted by Crippen LogP contribution is 2.26. The second-order valence-corrected chi connectivity index (χ2v) is 9.28. The Hall–Kier alpha value is -2.59. The number of rotatable bonds is 8. The molecule has 0 saturated carbocycles. The van der Waals surface area contributed by atoms with Crippen molar-refractivity contribution < 1.29 is 17.9 Å². The van der Waals surface area contributed by atoms with Crippen molar-refractivity contribution in [3.8, 4) is 5.75 Å². The van der Waals surface area contributed by atoms with Crippen LogP contribution < -0.4 is 14.8 Å². The summed E-state index contributed by atoms with van der Waals surface area (Å²) < 4.78 is 34.1. The van der Waals surface area contributed by atoms with Gasteiger partial charge in [-0.25, -0.2) is 8.42 Å². The van der Waals surface area contributed by atoms with Crippen LogP contribution in [0.5, 0.6) is 5.75 Å². The highest BCUT2D eigenvalue weighted by Gasteiger charge is 2.19. The van der Waals surface area contributed by atoms with Crippen LogP contribution in [-0.2, 0) is 16.4 Å². The number of halogens is 1. The molecule has 3 rings (SSSR count). The fraction of sp³-hybridized carbons (Fsp3) is 0.136. The van der Waals surface area contributed by atoms with Gasteiger partial charge in [0.1, 0.15) is 5.75 Å². The van der Waals surface area contributed by atoms with Gasteiger partial charge in [0.05, 0.1) is 26.8 Å². The summed E-state index contributed by atoms with van der Waals surface area (Å²) in [6.07, 6.45) is 0.685. The number of carbonyl (C=O) groups is 1. The number of amides is 1. The Morgan fingerprint density at radius 2 is 1.70 bits per heavy atom. The first-order chi connectivity index (χ1) is 14.4. The van der Waals surface area contributed by atoms with E-state index in [1.807, 2.05) is 52.9 Å². The smallest absolute Gasteiger partial charge is 0.261 e. The number of anilines is 1. The van der Waals surface area contributed by atoms with Crippen LogP contribution in [-0.4, -0.2) is 28.0 Å². The number of carbonyl (C=O) groups excluding carboxylic acids is 1. The fourth-order valence-corrected chi connectivity index (χ4v) is 4.90. The summed E-state index contributed by atoms with van der Waals surface area (Å²) in [5, 5.41) is 2.85. The molecule has 0 unspecified atom stereocenters. The summed E-state index contributed by atoms with van der Waals surface area (Å²) in [5.41, 5.74) is 1.60. The van der Waals surface area contributed by atoms with Crippen molar-refractivity contribution >= 4 is 44.2 Å². The predicted molar refractivity (Wildman–Crippen MR) is 125 cm³/mol. The minimum atomic E-state index is -3.87. The first kappa shape index (κ1) is 22.1. The fourth-order valence-electron chi connectivity index (χ4n) is 2.85. The van der Waals surface area contributed by atoms with E-state index in [9.17, 15) is 13.2 Å². The first-order valence-electron chi connectivity index (χ1n) is 9.18. The number of ether oxygens (including phenoxy) is 1. The largest absolute Gasteiger partial charge is 0.496 e. The zero-order chi connectivity index (χ0) is 21.6. The molecule has 3 aromatic carbocycles. The van der Waals surface area contributed by atoms with Gasteiger partial charge < -0.3 is 10.1 Å². The molecule has 0 radical (unpaired) electrons. The van der Waals surface area contributed by atoms with Crippen LogP contribution in [0.15, 0.2) is 77.7 Å². The number of nitrogens with one attached hydrogen (secondary N) is 2. The second-order valence-electron chi connectivity index (χ2n) is 6.44. The number of para-hydroxylation sites is 1. The van der Waals surface area contributed by atoms with E-state index in [-0.39, 0.29) is 22.1 Å². The van der Waals surface area contributed by atoms with E-state index < -0.39 is 10.0 Å². The topological polar surface area (TPSA) is 84.5 Å². The molecule has 3 aromatic rings. The Labute approximate surface area is 189 Å². The average Bonchev–Trinajstić information content (AvgIpc) is 2.74. The van der Waals surface area contributed by atoms with Gasteiger partial charge in [-0.15, -0.1) is 0 Å². The van der Waals surface area contributed by atoms with E-state index in [0.717, 1.165) is 5.56 Å². The molecule has 0 fully saturated rings. The monoisotopic (exact) mass is 536 g/mol. The second kappa shape index (κ2) is 9.94. The quantitative estimate of drug-likeness (QED) is 0.426. The minimum Gasteiger partial charge on any atom is -0.496 e. The van der Waals surface area contributed by atoms with Gasteiger partial charge in [0, 0.05) is 6.54 Å². The molecule has 0 aliphatic carbocycles. The number of hydrogen-bond acceptors (Lipinski definition) is 4. The van der Waals surface area contributed by atoms with Crippen LogP contribution in [0.4, 0.5) is 5.69 Å². The molecule has 2 N–H and O–H groups in total. The number of benzene rings is 3. The van der Waals surface area contributed by atoms with E-state index in [0.29, 0.717) is 22.3 Å². The first-order valence-corrected chi connectivity index (χ1v) is 11.7. The average molecular weight is 536 g/mol. The van der Waals surface area contributed by atoms with Crippen LogP contribution in [0.2, 0.25) is 0 Å². The number of methoxy groups -OCH3 is 1. The van der Waals surface area contributed by atoms with Crippen LogP contribution in [0.25, 0.3) is 0 Å².